The van der Waals surface area contributed by atoms with E-state index in [0.717, 1.165) is 17.5 Å². The molecule has 0 aliphatic heterocycles. The van der Waals surface area contributed by atoms with Crippen molar-refractivity contribution < 1.29 is 9.53 Å². The number of aliphatic imine (C=N–C) groups is 1. The van der Waals surface area contributed by atoms with Crippen molar-refractivity contribution in [2.45, 2.75) is 0 Å². The number of nitrogens with one attached hydrogen (secondary N) is 2. The summed E-state index contributed by atoms with van der Waals surface area (Å²) in [5.41, 5.74) is 10.2. The fourth-order valence-corrected chi connectivity index (χ4v) is 1.75. The second-order valence-corrected chi connectivity index (χ2v) is 4.61. The Morgan fingerprint density at radius 1 is 1.35 bits per heavy atom. The maximum Gasteiger partial charge on any atom is 0.230 e. The summed E-state index contributed by atoms with van der Waals surface area (Å²) >= 11 is 0.950. The Morgan fingerprint density at radius 3 is 2.70 bits per heavy atom. The molecular formula is C12H17N5O2S. The van der Waals surface area contributed by atoms with Crippen molar-refractivity contribution in [1.29, 1.82) is 5.41 Å². The Bertz CT molecular complexity index is 474. The second kappa shape index (κ2) is 8.81. The molecule has 1 amide bonds. The van der Waals surface area contributed by atoms with Crippen LogP contribution < -0.4 is 21.5 Å². The highest BCUT2D eigenvalue weighted by atomic mass is 32.2. The number of thioether (sulfide) groups is 1. The van der Waals surface area contributed by atoms with E-state index in [-0.39, 0.29) is 22.8 Å². The zero-order valence-electron chi connectivity index (χ0n) is 10.8. The van der Waals surface area contributed by atoms with Crippen molar-refractivity contribution in [2.24, 2.45) is 16.5 Å². The van der Waals surface area contributed by atoms with Crippen LogP contribution in [0.4, 0.5) is 0 Å². The van der Waals surface area contributed by atoms with Crippen LogP contribution in [0.25, 0.3) is 0 Å². The van der Waals surface area contributed by atoms with Gasteiger partial charge in [0.15, 0.2) is 11.1 Å². The van der Waals surface area contributed by atoms with Gasteiger partial charge in [0.2, 0.25) is 5.91 Å². The molecule has 0 heterocycles. The molecule has 20 heavy (non-hydrogen) atoms. The number of carbonyl (C=O) groups excluding carboxylic acids is 1. The van der Waals surface area contributed by atoms with Gasteiger partial charge in [-0.25, -0.2) is 0 Å². The van der Waals surface area contributed by atoms with Gasteiger partial charge >= 0.3 is 0 Å². The van der Waals surface area contributed by atoms with Crippen LogP contribution in [0.5, 0.6) is 5.75 Å². The molecule has 0 saturated carbocycles. The number of nitrogens with zero attached hydrogens (tertiary/aromatic N) is 1. The molecule has 0 bridgehead atoms. The van der Waals surface area contributed by atoms with Crippen LogP contribution in [0, 0.1) is 5.41 Å². The van der Waals surface area contributed by atoms with Gasteiger partial charge in [-0.15, -0.1) is 0 Å². The number of nitrogens with two attached hydrogens (primary N) is 2. The van der Waals surface area contributed by atoms with E-state index in [4.69, 9.17) is 21.6 Å². The van der Waals surface area contributed by atoms with Gasteiger partial charge in [-0.05, 0) is 12.1 Å². The van der Waals surface area contributed by atoms with Crippen LogP contribution in [-0.2, 0) is 4.79 Å². The van der Waals surface area contributed by atoms with Gasteiger partial charge in [-0.3, -0.25) is 10.2 Å². The molecule has 1 aromatic carbocycles. The number of amides is 1. The van der Waals surface area contributed by atoms with E-state index in [1.165, 1.54) is 0 Å². The van der Waals surface area contributed by atoms with E-state index < -0.39 is 0 Å². The monoisotopic (exact) mass is 295 g/mol. The lowest BCUT2D eigenvalue weighted by Crippen LogP contribution is -2.30. The number of para-hydroxylation sites is 1. The predicted octanol–water partition coefficient (Wildman–Crippen LogP) is 0.123. The Balaban J connectivity index is 2.12. The molecule has 1 rings (SSSR count). The average molecular weight is 295 g/mol. The molecule has 8 heteroatoms. The van der Waals surface area contributed by atoms with Crippen LogP contribution in [0.15, 0.2) is 35.3 Å². The third-order valence-electron chi connectivity index (χ3n) is 2.01. The van der Waals surface area contributed by atoms with Gasteiger partial charge < -0.3 is 21.5 Å². The lowest BCUT2D eigenvalue weighted by atomic mass is 10.3. The molecular weight excluding hydrogens is 278 g/mol. The predicted molar refractivity (Wildman–Crippen MR) is 80.9 cm³/mol. The van der Waals surface area contributed by atoms with Crippen molar-refractivity contribution >= 4 is 28.8 Å². The molecule has 108 valence electrons. The molecule has 7 nitrogen and oxygen atoms in total. The zero-order valence-corrected chi connectivity index (χ0v) is 11.7. The van der Waals surface area contributed by atoms with E-state index in [1.807, 2.05) is 30.3 Å². The second-order valence-electron chi connectivity index (χ2n) is 3.64. The summed E-state index contributed by atoms with van der Waals surface area (Å²) in [7, 11) is 0. The van der Waals surface area contributed by atoms with Gasteiger partial charge in [-0.1, -0.05) is 30.0 Å². The summed E-state index contributed by atoms with van der Waals surface area (Å²) in [4.78, 5) is 14.9. The average Bonchev–Trinajstić information content (AvgIpc) is 2.42. The first-order valence-corrected chi connectivity index (χ1v) is 6.82. The van der Waals surface area contributed by atoms with Gasteiger partial charge in [0.1, 0.15) is 12.4 Å². The highest BCUT2D eigenvalue weighted by molar-refractivity contribution is 8.14. The smallest absolute Gasteiger partial charge is 0.230 e. The SMILES string of the molecule is N=C(N=C(N)N)SCC(=O)NCCOc1ccccc1. The quantitative estimate of drug-likeness (QED) is 0.337. The molecule has 0 aliphatic rings. The van der Waals surface area contributed by atoms with Crippen LogP contribution in [0.1, 0.15) is 0 Å². The molecule has 0 fully saturated rings. The topological polar surface area (TPSA) is 127 Å². The molecule has 0 aliphatic carbocycles. The Labute approximate surface area is 121 Å². The standard InChI is InChI=1S/C12H17N5O2S/c13-11(14)17-12(15)20-8-10(18)16-6-7-19-9-4-2-1-3-5-9/h1-5H,6-8H2,(H,16,18)(H5,13,14,15,17). The molecule has 0 spiro atoms. The fraction of sp³-hybridized carbons (Fsp3) is 0.250. The third-order valence-corrected chi connectivity index (χ3v) is 2.78. The number of hydrogen-bond donors (Lipinski definition) is 4. The minimum Gasteiger partial charge on any atom is -0.492 e. The number of amidine groups is 1. The molecule has 0 aromatic heterocycles. The van der Waals surface area contributed by atoms with Crippen LogP contribution in [0.3, 0.4) is 0 Å². The maximum absolute atomic E-state index is 11.4. The largest absolute Gasteiger partial charge is 0.492 e. The maximum atomic E-state index is 11.4. The number of ether oxygens (including phenoxy) is 1. The number of hydrogen-bond acceptors (Lipinski definition) is 4. The highest BCUT2D eigenvalue weighted by Crippen LogP contribution is 2.07. The van der Waals surface area contributed by atoms with Gasteiger partial charge in [0, 0.05) is 0 Å². The summed E-state index contributed by atoms with van der Waals surface area (Å²) in [5, 5.41) is 9.92. The van der Waals surface area contributed by atoms with Crippen molar-refractivity contribution in [3.05, 3.63) is 30.3 Å². The molecule has 0 saturated heterocycles. The van der Waals surface area contributed by atoms with Crippen molar-refractivity contribution in [2.75, 3.05) is 18.9 Å². The van der Waals surface area contributed by atoms with Crippen LogP contribution in [-0.4, -0.2) is 35.9 Å². The minimum absolute atomic E-state index is 0.0843. The lowest BCUT2D eigenvalue weighted by Gasteiger charge is -2.07. The Morgan fingerprint density at radius 2 is 2.05 bits per heavy atom. The summed E-state index contributed by atoms with van der Waals surface area (Å²) < 4.78 is 5.42. The molecule has 6 N–H and O–H groups in total. The van der Waals surface area contributed by atoms with E-state index in [9.17, 15) is 4.79 Å². The van der Waals surface area contributed by atoms with Crippen molar-refractivity contribution in [3.8, 4) is 5.75 Å². The van der Waals surface area contributed by atoms with Crippen LogP contribution >= 0.6 is 11.8 Å². The Kier molecular flexibility index (Phi) is 6.97. The molecule has 0 unspecified atom stereocenters. The van der Waals surface area contributed by atoms with E-state index >= 15 is 0 Å². The Hall–Kier alpha value is -2.22. The minimum atomic E-state index is -0.206. The van der Waals surface area contributed by atoms with Gasteiger partial charge in [0.25, 0.3) is 0 Å². The van der Waals surface area contributed by atoms with Gasteiger partial charge in [0.05, 0.1) is 12.3 Å². The van der Waals surface area contributed by atoms with Crippen molar-refractivity contribution in [3.63, 3.8) is 0 Å². The van der Waals surface area contributed by atoms with Crippen LogP contribution in [0.2, 0.25) is 0 Å². The summed E-state index contributed by atoms with van der Waals surface area (Å²) in [6.45, 7) is 0.773. The highest BCUT2D eigenvalue weighted by Gasteiger charge is 2.04. The van der Waals surface area contributed by atoms with Crippen molar-refractivity contribution in [1.82, 2.24) is 5.32 Å². The number of rotatable bonds is 6. The van der Waals surface area contributed by atoms with Gasteiger partial charge in [-0.2, -0.15) is 4.99 Å². The van der Waals surface area contributed by atoms with E-state index in [1.54, 1.807) is 0 Å². The lowest BCUT2D eigenvalue weighted by molar-refractivity contribution is -0.118. The first-order chi connectivity index (χ1) is 9.58. The number of carbonyl (C=O) groups is 1. The molecule has 1 aromatic rings. The summed E-state index contributed by atoms with van der Waals surface area (Å²) in [5.74, 6) is 0.438. The number of benzene rings is 1. The summed E-state index contributed by atoms with van der Waals surface area (Å²) in [6, 6.07) is 9.33. The fourth-order valence-electron chi connectivity index (χ4n) is 1.21. The number of guanidine groups is 1. The zero-order chi connectivity index (χ0) is 14.8. The summed E-state index contributed by atoms with van der Waals surface area (Å²) in [6.07, 6.45) is 0. The molecule has 0 radical (unpaired) electrons. The first kappa shape index (κ1) is 15.8. The normalized spacial score (nSPS) is 9.60. The van der Waals surface area contributed by atoms with E-state index in [2.05, 4.69) is 10.3 Å². The first-order valence-electron chi connectivity index (χ1n) is 5.83. The van der Waals surface area contributed by atoms with E-state index in [0.29, 0.717) is 13.2 Å². The molecule has 0 atom stereocenters. The third kappa shape index (κ3) is 7.27.